The molecule has 1 heterocycles. The standard InChI is InChI=1S/C13H16N2O2/c1-13(7-14-2)8-15(3)11-5-4-9(12(16)17)6-10(11)13/h4-7H,8H2,1-3H3,(H,16,17)/b14-7-/t13-/m0/s1. The molecule has 0 spiro atoms. The van der Waals surface area contributed by atoms with Gasteiger partial charge in [0.2, 0.25) is 0 Å². The number of benzene rings is 1. The van der Waals surface area contributed by atoms with Crippen LogP contribution in [0.2, 0.25) is 0 Å². The molecule has 17 heavy (non-hydrogen) atoms. The molecule has 1 aliphatic heterocycles. The molecule has 90 valence electrons. The number of rotatable bonds is 2. The van der Waals surface area contributed by atoms with Crippen LogP contribution >= 0.6 is 0 Å². The third-order valence-corrected chi connectivity index (χ3v) is 3.25. The zero-order chi connectivity index (χ0) is 12.6. The first kappa shape index (κ1) is 11.6. The third kappa shape index (κ3) is 1.79. The van der Waals surface area contributed by atoms with Crippen molar-refractivity contribution in [2.45, 2.75) is 12.3 Å². The Hall–Kier alpha value is -1.84. The van der Waals surface area contributed by atoms with Crippen molar-refractivity contribution < 1.29 is 9.90 Å². The van der Waals surface area contributed by atoms with Gasteiger partial charge in [0.15, 0.2) is 0 Å². The Morgan fingerprint density at radius 2 is 2.29 bits per heavy atom. The second-order valence-electron chi connectivity index (χ2n) is 4.70. The highest BCUT2D eigenvalue weighted by molar-refractivity contribution is 5.91. The van der Waals surface area contributed by atoms with Gasteiger partial charge in [0.05, 0.1) is 5.56 Å². The van der Waals surface area contributed by atoms with Gasteiger partial charge in [0.25, 0.3) is 0 Å². The maximum Gasteiger partial charge on any atom is 0.335 e. The minimum Gasteiger partial charge on any atom is -0.478 e. The van der Waals surface area contributed by atoms with Gasteiger partial charge in [-0.25, -0.2) is 4.79 Å². The Bertz CT molecular complexity index is 496. The average molecular weight is 232 g/mol. The summed E-state index contributed by atoms with van der Waals surface area (Å²) in [7, 11) is 3.75. The summed E-state index contributed by atoms with van der Waals surface area (Å²) in [6, 6.07) is 5.27. The number of carboxylic acid groups (broad SMARTS) is 1. The topological polar surface area (TPSA) is 52.9 Å². The van der Waals surface area contributed by atoms with Crippen LogP contribution in [0.3, 0.4) is 0 Å². The SMILES string of the molecule is C/N=C\[C@@]1(C)CN(C)c2ccc(C(=O)O)cc21. The molecule has 1 aromatic carbocycles. The number of nitrogens with zero attached hydrogens (tertiary/aromatic N) is 2. The van der Waals surface area contributed by atoms with Crippen molar-refractivity contribution in [2.75, 3.05) is 25.5 Å². The second-order valence-corrected chi connectivity index (χ2v) is 4.70. The van der Waals surface area contributed by atoms with Gasteiger partial charge >= 0.3 is 5.97 Å². The van der Waals surface area contributed by atoms with E-state index in [0.29, 0.717) is 5.56 Å². The van der Waals surface area contributed by atoms with E-state index in [1.165, 1.54) is 0 Å². The van der Waals surface area contributed by atoms with Gasteiger partial charge < -0.3 is 10.0 Å². The van der Waals surface area contributed by atoms with Gasteiger partial charge in [0, 0.05) is 38.0 Å². The number of hydrogen-bond donors (Lipinski definition) is 1. The fourth-order valence-corrected chi connectivity index (χ4v) is 2.52. The Balaban J connectivity index is 2.58. The van der Waals surface area contributed by atoms with Crippen molar-refractivity contribution in [2.24, 2.45) is 4.99 Å². The number of fused-ring (bicyclic) bond motifs is 1. The molecule has 4 heteroatoms. The molecular formula is C13H16N2O2. The van der Waals surface area contributed by atoms with Gasteiger partial charge in [-0.15, -0.1) is 0 Å². The maximum absolute atomic E-state index is 11.0. The van der Waals surface area contributed by atoms with E-state index >= 15 is 0 Å². The van der Waals surface area contributed by atoms with Gasteiger partial charge in [-0.3, -0.25) is 4.99 Å². The number of anilines is 1. The second kappa shape index (κ2) is 3.87. The molecule has 1 aromatic rings. The first-order chi connectivity index (χ1) is 7.98. The highest BCUT2D eigenvalue weighted by Gasteiger charge is 2.36. The smallest absolute Gasteiger partial charge is 0.335 e. The van der Waals surface area contributed by atoms with Gasteiger partial charge in [0.1, 0.15) is 0 Å². The van der Waals surface area contributed by atoms with Gasteiger partial charge in [-0.05, 0) is 30.7 Å². The number of aromatic carboxylic acids is 1. The number of hydrogen-bond acceptors (Lipinski definition) is 3. The fraction of sp³-hybridized carbons (Fsp3) is 0.385. The Kier molecular flexibility index (Phi) is 2.65. The van der Waals surface area contributed by atoms with Crippen LogP contribution in [0.15, 0.2) is 23.2 Å². The molecule has 4 nitrogen and oxygen atoms in total. The molecule has 0 saturated heterocycles. The maximum atomic E-state index is 11.0. The molecule has 1 N–H and O–H groups in total. The number of aliphatic imine (C=N–C) groups is 1. The number of carbonyl (C=O) groups is 1. The predicted molar refractivity (Wildman–Crippen MR) is 68.4 cm³/mol. The van der Waals surface area contributed by atoms with E-state index in [1.54, 1.807) is 19.2 Å². The molecule has 0 bridgehead atoms. The van der Waals surface area contributed by atoms with E-state index in [-0.39, 0.29) is 5.41 Å². The summed E-state index contributed by atoms with van der Waals surface area (Å²) in [4.78, 5) is 17.2. The van der Waals surface area contributed by atoms with Crippen LogP contribution in [0.25, 0.3) is 0 Å². The third-order valence-electron chi connectivity index (χ3n) is 3.25. The molecule has 0 unspecified atom stereocenters. The lowest BCUT2D eigenvalue weighted by atomic mass is 9.85. The van der Waals surface area contributed by atoms with Crippen molar-refractivity contribution >= 4 is 17.9 Å². The van der Waals surface area contributed by atoms with Crippen LogP contribution in [0.5, 0.6) is 0 Å². The first-order valence-electron chi connectivity index (χ1n) is 5.50. The average Bonchev–Trinajstić information content (AvgIpc) is 2.51. The fourth-order valence-electron chi connectivity index (χ4n) is 2.52. The van der Waals surface area contributed by atoms with E-state index in [1.807, 2.05) is 19.3 Å². The molecule has 2 rings (SSSR count). The summed E-state index contributed by atoms with van der Waals surface area (Å²) >= 11 is 0. The lowest BCUT2D eigenvalue weighted by molar-refractivity contribution is 0.0697. The van der Waals surface area contributed by atoms with Crippen molar-refractivity contribution in [1.82, 2.24) is 0 Å². The van der Waals surface area contributed by atoms with Crippen LogP contribution < -0.4 is 4.90 Å². The van der Waals surface area contributed by atoms with E-state index in [2.05, 4.69) is 16.8 Å². The quantitative estimate of drug-likeness (QED) is 0.791. The summed E-state index contributed by atoms with van der Waals surface area (Å²) in [6.45, 7) is 2.90. The molecule has 0 amide bonds. The molecule has 0 fully saturated rings. The molecule has 1 atom stereocenters. The van der Waals surface area contributed by atoms with Crippen LogP contribution in [-0.4, -0.2) is 37.9 Å². The summed E-state index contributed by atoms with van der Waals surface area (Å²) in [6.07, 6.45) is 1.89. The van der Waals surface area contributed by atoms with Crippen LogP contribution in [0.4, 0.5) is 5.69 Å². The minimum absolute atomic E-state index is 0.204. The molecule has 0 aliphatic carbocycles. The normalized spacial score (nSPS) is 23.1. The summed E-state index contributed by atoms with van der Waals surface area (Å²) in [5, 5.41) is 9.03. The Morgan fingerprint density at radius 1 is 1.59 bits per heavy atom. The number of carboxylic acids is 1. The molecule has 0 aromatic heterocycles. The van der Waals surface area contributed by atoms with E-state index < -0.39 is 5.97 Å². The first-order valence-corrected chi connectivity index (χ1v) is 5.50. The van der Waals surface area contributed by atoms with E-state index in [4.69, 9.17) is 5.11 Å². The molecule has 1 aliphatic rings. The molecular weight excluding hydrogens is 216 g/mol. The van der Waals surface area contributed by atoms with Gasteiger partial charge in [-0.1, -0.05) is 0 Å². The minimum atomic E-state index is -0.891. The molecule has 0 radical (unpaired) electrons. The Morgan fingerprint density at radius 3 is 2.88 bits per heavy atom. The predicted octanol–water partition coefficient (Wildman–Crippen LogP) is 1.79. The zero-order valence-electron chi connectivity index (χ0n) is 10.3. The van der Waals surface area contributed by atoms with E-state index in [9.17, 15) is 4.79 Å². The van der Waals surface area contributed by atoms with Crippen LogP contribution in [0.1, 0.15) is 22.8 Å². The summed E-state index contributed by atoms with van der Waals surface area (Å²) in [5.74, 6) is -0.891. The van der Waals surface area contributed by atoms with Crippen molar-refractivity contribution in [3.05, 3.63) is 29.3 Å². The monoisotopic (exact) mass is 232 g/mol. The van der Waals surface area contributed by atoms with E-state index in [0.717, 1.165) is 17.8 Å². The summed E-state index contributed by atoms with van der Waals surface area (Å²) < 4.78 is 0. The number of likely N-dealkylation sites (N-methyl/N-ethyl adjacent to an activating group) is 1. The van der Waals surface area contributed by atoms with Gasteiger partial charge in [-0.2, -0.15) is 0 Å². The van der Waals surface area contributed by atoms with Crippen molar-refractivity contribution in [1.29, 1.82) is 0 Å². The largest absolute Gasteiger partial charge is 0.478 e. The Labute approximate surface area is 101 Å². The summed E-state index contributed by atoms with van der Waals surface area (Å²) in [5.41, 5.74) is 2.24. The van der Waals surface area contributed by atoms with Crippen molar-refractivity contribution in [3.8, 4) is 0 Å². The highest BCUT2D eigenvalue weighted by Crippen LogP contribution is 2.39. The van der Waals surface area contributed by atoms with Crippen molar-refractivity contribution in [3.63, 3.8) is 0 Å². The highest BCUT2D eigenvalue weighted by atomic mass is 16.4. The van der Waals surface area contributed by atoms with Crippen LogP contribution in [-0.2, 0) is 5.41 Å². The lowest BCUT2D eigenvalue weighted by Crippen LogP contribution is -2.30. The zero-order valence-corrected chi connectivity index (χ0v) is 10.3. The molecule has 0 saturated carbocycles. The van der Waals surface area contributed by atoms with Crippen LogP contribution in [0, 0.1) is 0 Å². The lowest BCUT2D eigenvalue weighted by Gasteiger charge is -2.19.